The predicted octanol–water partition coefficient (Wildman–Crippen LogP) is 2.00. The summed E-state index contributed by atoms with van der Waals surface area (Å²) in [6.45, 7) is 2.52. The van der Waals surface area contributed by atoms with Crippen molar-refractivity contribution in [2.24, 2.45) is 5.92 Å². The minimum atomic E-state index is -0.0906. The van der Waals surface area contributed by atoms with Crippen LogP contribution in [0.3, 0.4) is 0 Å². The van der Waals surface area contributed by atoms with E-state index in [1.165, 1.54) is 11.3 Å². The van der Waals surface area contributed by atoms with Crippen molar-refractivity contribution in [1.82, 2.24) is 15.3 Å². The molecule has 2 aromatic heterocycles. The lowest BCUT2D eigenvalue weighted by Crippen LogP contribution is -2.28. The molecule has 0 bridgehead atoms. The Bertz CT molecular complexity index is 541. The number of rotatable bonds is 5. The molecule has 2 heterocycles. The van der Waals surface area contributed by atoms with Crippen LogP contribution in [0.25, 0.3) is 11.4 Å². The molecule has 0 aliphatic rings. The van der Waals surface area contributed by atoms with Gasteiger partial charge in [-0.15, -0.1) is 11.3 Å². The van der Waals surface area contributed by atoms with Gasteiger partial charge in [-0.2, -0.15) is 0 Å². The maximum absolute atomic E-state index is 11.8. The zero-order chi connectivity index (χ0) is 13.7. The van der Waals surface area contributed by atoms with E-state index in [1.54, 1.807) is 6.20 Å². The first-order valence-electron chi connectivity index (χ1n) is 6.03. The zero-order valence-corrected chi connectivity index (χ0v) is 11.7. The van der Waals surface area contributed by atoms with Crippen LogP contribution >= 0.6 is 11.3 Å². The van der Waals surface area contributed by atoms with Crippen LogP contribution in [0.2, 0.25) is 0 Å². The van der Waals surface area contributed by atoms with E-state index in [0.717, 1.165) is 11.4 Å². The lowest BCUT2D eigenvalue weighted by atomic mass is 10.2. The van der Waals surface area contributed by atoms with Crippen molar-refractivity contribution < 1.29 is 4.79 Å². The van der Waals surface area contributed by atoms with Crippen molar-refractivity contribution in [3.05, 3.63) is 29.8 Å². The molecule has 0 aromatic carbocycles. The van der Waals surface area contributed by atoms with Crippen LogP contribution in [-0.4, -0.2) is 29.5 Å². The fourth-order valence-corrected chi connectivity index (χ4v) is 2.30. The normalized spacial score (nSPS) is 12.1. The van der Waals surface area contributed by atoms with Crippen LogP contribution < -0.4 is 10.6 Å². The number of anilines is 1. The SMILES string of the molecule is CNCC(C)C(=O)Nc1nc(-c2ccccn2)cs1. The molecule has 0 saturated carbocycles. The second-order valence-corrected chi connectivity index (χ2v) is 5.06. The molecule has 0 fully saturated rings. The van der Waals surface area contributed by atoms with Crippen LogP contribution in [0, 0.1) is 5.92 Å². The zero-order valence-electron chi connectivity index (χ0n) is 10.9. The number of hydrogen-bond acceptors (Lipinski definition) is 5. The van der Waals surface area contributed by atoms with Gasteiger partial charge in [-0.25, -0.2) is 4.98 Å². The number of amides is 1. The summed E-state index contributed by atoms with van der Waals surface area (Å²) >= 11 is 1.40. The van der Waals surface area contributed by atoms with Crippen molar-refractivity contribution in [3.8, 4) is 11.4 Å². The van der Waals surface area contributed by atoms with Gasteiger partial charge in [0.05, 0.1) is 5.69 Å². The third kappa shape index (κ3) is 3.59. The summed E-state index contributed by atoms with van der Waals surface area (Å²) in [6, 6.07) is 5.66. The van der Waals surface area contributed by atoms with E-state index in [1.807, 2.05) is 37.6 Å². The molecule has 1 atom stereocenters. The van der Waals surface area contributed by atoms with E-state index in [2.05, 4.69) is 20.6 Å². The molecule has 5 nitrogen and oxygen atoms in total. The quantitative estimate of drug-likeness (QED) is 0.876. The molecule has 0 radical (unpaired) electrons. The third-order valence-electron chi connectivity index (χ3n) is 2.62. The molecule has 2 aromatic rings. The topological polar surface area (TPSA) is 66.9 Å². The fraction of sp³-hybridized carbons (Fsp3) is 0.308. The van der Waals surface area contributed by atoms with Crippen LogP contribution in [-0.2, 0) is 4.79 Å². The molecule has 0 saturated heterocycles. The molecular weight excluding hydrogens is 260 g/mol. The Labute approximate surface area is 116 Å². The maximum Gasteiger partial charge on any atom is 0.230 e. The Hall–Kier alpha value is -1.79. The van der Waals surface area contributed by atoms with E-state index in [4.69, 9.17) is 0 Å². The highest BCUT2D eigenvalue weighted by molar-refractivity contribution is 7.14. The van der Waals surface area contributed by atoms with Gasteiger partial charge in [0.2, 0.25) is 5.91 Å². The number of hydrogen-bond donors (Lipinski definition) is 2. The second kappa shape index (κ2) is 6.40. The Morgan fingerprint density at radius 2 is 2.26 bits per heavy atom. The van der Waals surface area contributed by atoms with Gasteiger partial charge in [0.15, 0.2) is 5.13 Å². The maximum atomic E-state index is 11.8. The average Bonchev–Trinajstić information content (AvgIpc) is 2.88. The third-order valence-corrected chi connectivity index (χ3v) is 3.38. The number of aromatic nitrogens is 2. The summed E-state index contributed by atoms with van der Waals surface area (Å²) in [6.07, 6.45) is 1.72. The van der Waals surface area contributed by atoms with E-state index >= 15 is 0 Å². The minimum Gasteiger partial charge on any atom is -0.319 e. The lowest BCUT2D eigenvalue weighted by molar-refractivity contribution is -0.119. The monoisotopic (exact) mass is 276 g/mol. The Morgan fingerprint density at radius 1 is 1.42 bits per heavy atom. The second-order valence-electron chi connectivity index (χ2n) is 4.20. The fourth-order valence-electron chi connectivity index (χ4n) is 1.59. The first kappa shape index (κ1) is 13.6. The van der Waals surface area contributed by atoms with Crippen LogP contribution in [0.5, 0.6) is 0 Å². The number of thiazole rings is 1. The van der Waals surface area contributed by atoms with Gasteiger partial charge >= 0.3 is 0 Å². The molecule has 19 heavy (non-hydrogen) atoms. The molecule has 6 heteroatoms. The molecule has 100 valence electrons. The van der Waals surface area contributed by atoms with Gasteiger partial charge in [-0.3, -0.25) is 9.78 Å². The summed E-state index contributed by atoms with van der Waals surface area (Å²) < 4.78 is 0. The summed E-state index contributed by atoms with van der Waals surface area (Å²) in [5.74, 6) is -0.122. The lowest BCUT2D eigenvalue weighted by Gasteiger charge is -2.09. The first-order chi connectivity index (χ1) is 9.20. The molecule has 0 spiro atoms. The van der Waals surface area contributed by atoms with Crippen molar-refractivity contribution in [3.63, 3.8) is 0 Å². The van der Waals surface area contributed by atoms with Gasteiger partial charge < -0.3 is 10.6 Å². The van der Waals surface area contributed by atoms with Crippen molar-refractivity contribution in [2.45, 2.75) is 6.92 Å². The highest BCUT2D eigenvalue weighted by Crippen LogP contribution is 2.23. The standard InChI is InChI=1S/C13H16N4OS/c1-9(7-14-2)12(18)17-13-16-11(8-19-13)10-5-3-4-6-15-10/h3-6,8-9,14H,7H2,1-2H3,(H,16,17,18). The number of carbonyl (C=O) groups excluding carboxylic acids is 1. The summed E-state index contributed by atoms with van der Waals surface area (Å²) in [7, 11) is 1.83. The Kier molecular flexibility index (Phi) is 4.59. The number of nitrogens with one attached hydrogen (secondary N) is 2. The summed E-state index contributed by atoms with van der Waals surface area (Å²) in [5, 5.41) is 8.29. The molecule has 1 amide bonds. The summed E-state index contributed by atoms with van der Waals surface area (Å²) in [4.78, 5) is 20.4. The van der Waals surface area contributed by atoms with E-state index in [9.17, 15) is 4.79 Å². The van der Waals surface area contributed by atoms with Crippen molar-refractivity contribution in [1.29, 1.82) is 0 Å². The van der Waals surface area contributed by atoms with Gasteiger partial charge in [0.1, 0.15) is 5.69 Å². The van der Waals surface area contributed by atoms with E-state index in [0.29, 0.717) is 11.7 Å². The number of carbonyl (C=O) groups is 1. The van der Waals surface area contributed by atoms with Crippen LogP contribution in [0.1, 0.15) is 6.92 Å². The van der Waals surface area contributed by atoms with E-state index in [-0.39, 0.29) is 11.8 Å². The number of nitrogens with zero attached hydrogens (tertiary/aromatic N) is 2. The summed E-state index contributed by atoms with van der Waals surface area (Å²) in [5.41, 5.74) is 1.59. The minimum absolute atomic E-state index is 0.0312. The number of pyridine rings is 1. The Balaban J connectivity index is 2.04. The van der Waals surface area contributed by atoms with Gasteiger partial charge in [0, 0.05) is 24.0 Å². The predicted molar refractivity (Wildman–Crippen MR) is 77.1 cm³/mol. The van der Waals surface area contributed by atoms with Gasteiger partial charge in [0.25, 0.3) is 0 Å². The molecule has 2 N–H and O–H groups in total. The Morgan fingerprint density at radius 3 is 2.95 bits per heavy atom. The van der Waals surface area contributed by atoms with Crippen LogP contribution in [0.15, 0.2) is 29.8 Å². The molecule has 1 unspecified atom stereocenters. The molecule has 0 aliphatic carbocycles. The van der Waals surface area contributed by atoms with Crippen molar-refractivity contribution >= 4 is 22.4 Å². The largest absolute Gasteiger partial charge is 0.319 e. The first-order valence-corrected chi connectivity index (χ1v) is 6.91. The smallest absolute Gasteiger partial charge is 0.230 e. The molecular formula is C13H16N4OS. The van der Waals surface area contributed by atoms with E-state index < -0.39 is 0 Å². The molecule has 2 rings (SSSR count). The highest BCUT2D eigenvalue weighted by Gasteiger charge is 2.14. The van der Waals surface area contributed by atoms with Crippen LogP contribution in [0.4, 0.5) is 5.13 Å². The highest BCUT2D eigenvalue weighted by atomic mass is 32.1. The van der Waals surface area contributed by atoms with Gasteiger partial charge in [-0.05, 0) is 19.2 Å². The molecule has 0 aliphatic heterocycles. The van der Waals surface area contributed by atoms with Crippen molar-refractivity contribution in [2.75, 3.05) is 18.9 Å². The van der Waals surface area contributed by atoms with Gasteiger partial charge in [-0.1, -0.05) is 13.0 Å². The average molecular weight is 276 g/mol.